The van der Waals surface area contributed by atoms with E-state index in [1.807, 2.05) is 35.4 Å². The molecular weight excluding hydrogens is 346 g/mol. The molecule has 1 aliphatic rings. The van der Waals surface area contributed by atoms with Crippen molar-refractivity contribution in [3.8, 4) is 16.5 Å². The first-order valence-electron chi connectivity index (χ1n) is 8.84. The summed E-state index contributed by atoms with van der Waals surface area (Å²) in [5.41, 5.74) is 2.26. The molecule has 3 aromatic heterocycles. The summed E-state index contributed by atoms with van der Waals surface area (Å²) in [4.78, 5) is 24.9. The number of rotatable bonds is 3. The van der Waals surface area contributed by atoms with Crippen molar-refractivity contribution < 1.29 is 4.79 Å². The molecule has 0 N–H and O–H groups in total. The second-order valence-electron chi connectivity index (χ2n) is 6.77. The highest BCUT2D eigenvalue weighted by molar-refractivity contribution is 7.13. The predicted molar refractivity (Wildman–Crippen MR) is 102 cm³/mol. The lowest BCUT2D eigenvalue weighted by Gasteiger charge is -2.30. The number of amides is 1. The average Bonchev–Trinajstić information content (AvgIpc) is 3.31. The Bertz CT molecular complexity index is 918. The maximum atomic E-state index is 12.9. The number of aromatic nitrogens is 4. The number of piperidine rings is 1. The van der Waals surface area contributed by atoms with Crippen LogP contribution in [0.5, 0.6) is 0 Å². The minimum atomic E-state index is 0.0507. The van der Waals surface area contributed by atoms with Crippen molar-refractivity contribution in [2.24, 2.45) is 5.92 Å². The molecule has 7 heteroatoms. The minimum Gasteiger partial charge on any atom is -0.338 e. The van der Waals surface area contributed by atoms with Crippen LogP contribution in [0.2, 0.25) is 0 Å². The highest BCUT2D eigenvalue weighted by Gasteiger charge is 2.25. The highest BCUT2D eigenvalue weighted by Crippen LogP contribution is 2.24. The lowest BCUT2D eigenvalue weighted by Crippen LogP contribution is -2.39. The van der Waals surface area contributed by atoms with Crippen molar-refractivity contribution >= 4 is 17.2 Å². The summed E-state index contributed by atoms with van der Waals surface area (Å²) >= 11 is 1.63. The molecule has 3 aromatic rings. The van der Waals surface area contributed by atoms with Crippen LogP contribution in [0, 0.1) is 12.8 Å². The average molecular weight is 367 g/mol. The maximum absolute atomic E-state index is 12.9. The smallest absolute Gasteiger partial charge is 0.257 e. The molecule has 0 aliphatic carbocycles. The van der Waals surface area contributed by atoms with Crippen LogP contribution in [-0.4, -0.2) is 43.6 Å². The third-order valence-electron chi connectivity index (χ3n) is 4.79. The quantitative estimate of drug-likeness (QED) is 0.710. The first kappa shape index (κ1) is 16.9. The van der Waals surface area contributed by atoms with E-state index in [-0.39, 0.29) is 5.91 Å². The van der Waals surface area contributed by atoms with Gasteiger partial charge in [0.25, 0.3) is 11.9 Å². The van der Waals surface area contributed by atoms with E-state index < -0.39 is 0 Å². The fourth-order valence-corrected chi connectivity index (χ4v) is 4.07. The van der Waals surface area contributed by atoms with Gasteiger partial charge in [-0.15, -0.1) is 11.3 Å². The number of thiophene rings is 1. The van der Waals surface area contributed by atoms with Gasteiger partial charge in [0, 0.05) is 19.3 Å². The van der Waals surface area contributed by atoms with Gasteiger partial charge in [-0.3, -0.25) is 4.79 Å². The van der Waals surface area contributed by atoms with Crippen molar-refractivity contribution in [2.75, 3.05) is 13.1 Å². The summed E-state index contributed by atoms with van der Waals surface area (Å²) in [6.07, 6.45) is 5.61. The molecule has 1 saturated heterocycles. The Hall–Kier alpha value is -2.54. The van der Waals surface area contributed by atoms with Gasteiger partial charge >= 0.3 is 0 Å². The van der Waals surface area contributed by atoms with Gasteiger partial charge in [-0.1, -0.05) is 13.0 Å². The van der Waals surface area contributed by atoms with E-state index >= 15 is 0 Å². The molecule has 1 atom stereocenters. The zero-order valence-corrected chi connectivity index (χ0v) is 15.7. The second kappa shape index (κ2) is 6.99. The summed E-state index contributed by atoms with van der Waals surface area (Å²) in [5.74, 6) is 1.09. The Morgan fingerprint density at radius 1 is 1.35 bits per heavy atom. The van der Waals surface area contributed by atoms with E-state index in [9.17, 15) is 4.79 Å². The number of nitrogens with zero attached hydrogens (tertiary/aromatic N) is 5. The minimum absolute atomic E-state index is 0.0507. The fraction of sp³-hybridized carbons (Fsp3) is 0.368. The Labute approximate surface area is 156 Å². The van der Waals surface area contributed by atoms with Gasteiger partial charge < -0.3 is 4.90 Å². The zero-order chi connectivity index (χ0) is 18.1. The van der Waals surface area contributed by atoms with Crippen molar-refractivity contribution in [2.45, 2.75) is 26.7 Å². The molecule has 1 fully saturated rings. The number of carbonyl (C=O) groups excluding carboxylic acids is 1. The summed E-state index contributed by atoms with van der Waals surface area (Å²) in [5, 5.41) is 6.41. The van der Waals surface area contributed by atoms with Crippen molar-refractivity contribution in [3.63, 3.8) is 0 Å². The normalized spacial score (nSPS) is 17.5. The molecule has 1 aliphatic heterocycles. The molecule has 0 saturated carbocycles. The van der Waals surface area contributed by atoms with Crippen molar-refractivity contribution in [1.82, 2.24) is 24.6 Å². The molecule has 0 bridgehead atoms. The van der Waals surface area contributed by atoms with Crippen LogP contribution in [0.25, 0.3) is 16.5 Å². The van der Waals surface area contributed by atoms with Gasteiger partial charge in [-0.2, -0.15) is 5.10 Å². The van der Waals surface area contributed by atoms with Crippen molar-refractivity contribution in [3.05, 3.63) is 47.2 Å². The summed E-state index contributed by atoms with van der Waals surface area (Å²) in [7, 11) is 0. The molecule has 26 heavy (non-hydrogen) atoms. The Morgan fingerprint density at radius 2 is 2.23 bits per heavy atom. The summed E-state index contributed by atoms with van der Waals surface area (Å²) in [6, 6.07) is 5.91. The van der Waals surface area contributed by atoms with E-state index in [0.717, 1.165) is 35.8 Å². The Balaban J connectivity index is 1.63. The topological polar surface area (TPSA) is 63.9 Å². The van der Waals surface area contributed by atoms with E-state index in [1.54, 1.807) is 28.4 Å². The van der Waals surface area contributed by atoms with Crippen LogP contribution in [-0.2, 0) is 0 Å². The van der Waals surface area contributed by atoms with Crippen LogP contribution < -0.4 is 0 Å². The highest BCUT2D eigenvalue weighted by atomic mass is 32.1. The SMILES string of the molecule is Cc1c(C(=O)N2CCC[C@H](C)C2)cnn1-c1nccc(-c2cccs2)n1. The van der Waals surface area contributed by atoms with Gasteiger partial charge in [0.15, 0.2) is 0 Å². The van der Waals surface area contributed by atoms with Crippen LogP contribution in [0.3, 0.4) is 0 Å². The van der Waals surface area contributed by atoms with Crippen LogP contribution in [0.4, 0.5) is 0 Å². The van der Waals surface area contributed by atoms with Gasteiger partial charge in [0.05, 0.1) is 28.0 Å². The molecule has 4 rings (SSSR count). The summed E-state index contributed by atoms with van der Waals surface area (Å²) < 4.78 is 1.65. The number of hydrogen-bond donors (Lipinski definition) is 0. The van der Waals surface area contributed by atoms with E-state index in [0.29, 0.717) is 17.4 Å². The van der Waals surface area contributed by atoms with Crippen LogP contribution >= 0.6 is 11.3 Å². The third kappa shape index (κ3) is 3.14. The molecule has 6 nitrogen and oxygen atoms in total. The van der Waals surface area contributed by atoms with Gasteiger partial charge in [0.2, 0.25) is 0 Å². The number of likely N-dealkylation sites (tertiary alicyclic amines) is 1. The molecular formula is C19H21N5OS. The Kier molecular flexibility index (Phi) is 4.55. The predicted octanol–water partition coefficient (Wildman–Crippen LogP) is 3.57. The number of carbonyl (C=O) groups is 1. The largest absolute Gasteiger partial charge is 0.338 e. The first-order valence-corrected chi connectivity index (χ1v) is 9.72. The van der Waals surface area contributed by atoms with E-state index in [4.69, 9.17) is 0 Å². The van der Waals surface area contributed by atoms with Gasteiger partial charge in [-0.25, -0.2) is 14.6 Å². The standard InChI is InChI=1S/C19H21N5OS/c1-13-5-3-9-23(12-13)18(25)15-11-21-24(14(15)2)19-20-8-7-16(22-19)17-6-4-10-26-17/h4,6-8,10-11,13H,3,5,9,12H2,1-2H3/t13-/m0/s1. The van der Waals surface area contributed by atoms with Crippen molar-refractivity contribution in [1.29, 1.82) is 0 Å². The molecule has 4 heterocycles. The lowest BCUT2D eigenvalue weighted by atomic mass is 9.99. The molecule has 0 spiro atoms. The molecule has 0 unspecified atom stereocenters. The van der Waals surface area contributed by atoms with Crippen LogP contribution in [0.1, 0.15) is 35.8 Å². The fourth-order valence-electron chi connectivity index (χ4n) is 3.38. The molecule has 0 radical (unpaired) electrons. The first-order chi connectivity index (χ1) is 12.6. The molecule has 134 valence electrons. The maximum Gasteiger partial charge on any atom is 0.257 e. The van der Waals surface area contributed by atoms with Gasteiger partial charge in [0.1, 0.15) is 0 Å². The lowest BCUT2D eigenvalue weighted by molar-refractivity contribution is 0.0682. The zero-order valence-electron chi connectivity index (χ0n) is 14.9. The Morgan fingerprint density at radius 3 is 3.00 bits per heavy atom. The molecule has 0 aromatic carbocycles. The third-order valence-corrected chi connectivity index (χ3v) is 5.68. The van der Waals surface area contributed by atoms with Crippen LogP contribution in [0.15, 0.2) is 36.0 Å². The van der Waals surface area contributed by atoms with Gasteiger partial charge in [-0.05, 0) is 43.2 Å². The molecule has 1 amide bonds. The van der Waals surface area contributed by atoms with E-state index in [2.05, 4.69) is 22.0 Å². The monoisotopic (exact) mass is 367 g/mol. The van der Waals surface area contributed by atoms with E-state index in [1.165, 1.54) is 6.42 Å². The summed E-state index contributed by atoms with van der Waals surface area (Å²) in [6.45, 7) is 5.72. The number of hydrogen-bond acceptors (Lipinski definition) is 5. The second-order valence-corrected chi connectivity index (χ2v) is 7.72.